The van der Waals surface area contributed by atoms with E-state index in [9.17, 15) is 13.0 Å². The summed E-state index contributed by atoms with van der Waals surface area (Å²) in [5.41, 5.74) is 0. The molecule has 1 rings (SSSR count). The maximum Gasteiger partial charge on any atom is 0.397 e. The van der Waals surface area contributed by atoms with Gasteiger partial charge < -0.3 is 14.2 Å². The standard InChI is InChI=1S/C21H36O7S/c1-4-7-8-9-10-11-15-18-20(28-29(22,23)24)21(25-5-2,26-6-3)27-19-16-13-12-14-17-19/h12-14,16-17,20H,4-11,15,18H2,1-3H3,(H,22,23,24). The summed E-state index contributed by atoms with van der Waals surface area (Å²) < 4.78 is 54.8. The van der Waals surface area contributed by atoms with E-state index in [2.05, 4.69) is 6.92 Å². The van der Waals surface area contributed by atoms with Gasteiger partial charge in [0.1, 0.15) is 5.75 Å². The number of hydrogen-bond donors (Lipinski definition) is 1. The van der Waals surface area contributed by atoms with E-state index >= 15 is 0 Å². The van der Waals surface area contributed by atoms with Crippen LogP contribution in [0.2, 0.25) is 0 Å². The SMILES string of the molecule is CCCCCCCCCC(OS(=O)(=O)O)C(OCC)(OCC)Oc1ccccc1. The van der Waals surface area contributed by atoms with Crippen molar-refractivity contribution in [1.29, 1.82) is 0 Å². The first-order chi connectivity index (χ1) is 13.9. The van der Waals surface area contributed by atoms with E-state index in [1.165, 1.54) is 19.3 Å². The normalized spacial score (nSPS) is 13.4. The van der Waals surface area contributed by atoms with Gasteiger partial charge in [0.15, 0.2) is 6.10 Å². The molecule has 7 nitrogen and oxygen atoms in total. The van der Waals surface area contributed by atoms with E-state index in [1.54, 1.807) is 38.1 Å². The predicted molar refractivity (Wildman–Crippen MR) is 112 cm³/mol. The molecule has 168 valence electrons. The summed E-state index contributed by atoms with van der Waals surface area (Å²) in [6.45, 7) is 6.08. The van der Waals surface area contributed by atoms with Crippen molar-refractivity contribution in [2.75, 3.05) is 13.2 Å². The zero-order chi connectivity index (χ0) is 21.6. The Kier molecular flexibility index (Phi) is 12.4. The highest BCUT2D eigenvalue weighted by Crippen LogP contribution is 2.30. The fourth-order valence-electron chi connectivity index (χ4n) is 3.12. The smallest absolute Gasteiger partial charge is 0.397 e. The minimum absolute atomic E-state index is 0.204. The van der Waals surface area contributed by atoms with Crippen molar-refractivity contribution in [2.45, 2.75) is 84.2 Å². The molecular weight excluding hydrogens is 396 g/mol. The highest BCUT2D eigenvalue weighted by Gasteiger charge is 2.47. The zero-order valence-corrected chi connectivity index (χ0v) is 18.7. The van der Waals surface area contributed by atoms with E-state index in [1.807, 2.05) is 6.07 Å². The molecule has 0 aliphatic heterocycles. The highest BCUT2D eigenvalue weighted by atomic mass is 32.3. The molecule has 0 fully saturated rings. The molecule has 0 aliphatic carbocycles. The molecule has 0 spiro atoms. The average Bonchev–Trinajstić information content (AvgIpc) is 2.66. The molecule has 1 aromatic rings. The Morgan fingerprint density at radius 3 is 1.97 bits per heavy atom. The van der Waals surface area contributed by atoms with Crippen molar-refractivity contribution < 1.29 is 31.4 Å². The van der Waals surface area contributed by atoms with Gasteiger partial charge in [-0.3, -0.25) is 4.55 Å². The Balaban J connectivity index is 2.95. The molecule has 1 unspecified atom stereocenters. The Morgan fingerprint density at radius 2 is 1.45 bits per heavy atom. The molecule has 0 saturated heterocycles. The van der Waals surface area contributed by atoms with E-state index < -0.39 is 22.5 Å². The quantitative estimate of drug-likeness (QED) is 0.207. The fraction of sp³-hybridized carbons (Fsp3) is 0.714. The first-order valence-electron chi connectivity index (χ1n) is 10.5. The van der Waals surface area contributed by atoms with Crippen LogP contribution >= 0.6 is 0 Å². The van der Waals surface area contributed by atoms with Gasteiger partial charge in [0, 0.05) is 0 Å². The van der Waals surface area contributed by atoms with Crippen LogP contribution in [-0.4, -0.2) is 38.3 Å². The lowest BCUT2D eigenvalue weighted by atomic mass is 10.1. The maximum atomic E-state index is 11.5. The van der Waals surface area contributed by atoms with Crippen molar-refractivity contribution in [3.63, 3.8) is 0 Å². The summed E-state index contributed by atoms with van der Waals surface area (Å²) in [4.78, 5) is 0. The van der Waals surface area contributed by atoms with Crippen molar-refractivity contribution in [2.24, 2.45) is 0 Å². The molecule has 0 aromatic heterocycles. The van der Waals surface area contributed by atoms with Gasteiger partial charge in [0.05, 0.1) is 13.2 Å². The number of rotatable bonds is 17. The van der Waals surface area contributed by atoms with Crippen LogP contribution in [0.4, 0.5) is 0 Å². The molecule has 0 aliphatic rings. The summed E-state index contributed by atoms with van der Waals surface area (Å²) >= 11 is 0. The minimum atomic E-state index is -4.73. The molecule has 1 aromatic carbocycles. The third-order valence-electron chi connectivity index (χ3n) is 4.40. The summed E-state index contributed by atoms with van der Waals surface area (Å²) in [6, 6.07) is 8.83. The van der Waals surface area contributed by atoms with E-state index in [0.717, 1.165) is 19.3 Å². The second-order valence-electron chi connectivity index (χ2n) is 6.81. The maximum absolute atomic E-state index is 11.5. The predicted octanol–water partition coefficient (Wildman–Crippen LogP) is 5.12. The third kappa shape index (κ3) is 10.4. The fourth-order valence-corrected chi connectivity index (χ4v) is 3.63. The number of hydrogen-bond acceptors (Lipinski definition) is 6. The van der Waals surface area contributed by atoms with Gasteiger partial charge in [0.25, 0.3) is 0 Å². The number of para-hydroxylation sites is 1. The number of ether oxygens (including phenoxy) is 3. The van der Waals surface area contributed by atoms with Crippen LogP contribution in [-0.2, 0) is 24.1 Å². The molecule has 0 radical (unpaired) electrons. The monoisotopic (exact) mass is 432 g/mol. The van der Waals surface area contributed by atoms with Crippen molar-refractivity contribution in [3.8, 4) is 5.75 Å². The van der Waals surface area contributed by atoms with Crippen molar-refractivity contribution in [1.82, 2.24) is 0 Å². The van der Waals surface area contributed by atoms with Gasteiger partial charge in [-0.2, -0.15) is 8.42 Å². The lowest BCUT2D eigenvalue weighted by Crippen LogP contribution is -2.54. The minimum Gasteiger partial charge on any atom is -0.437 e. The largest absolute Gasteiger partial charge is 0.437 e. The molecule has 0 bridgehead atoms. The Hall–Kier alpha value is -1.19. The molecule has 0 amide bonds. The summed E-state index contributed by atoms with van der Waals surface area (Å²) in [6.07, 6.45) is 6.52. The molecule has 29 heavy (non-hydrogen) atoms. The Labute approximate surface area is 175 Å². The van der Waals surface area contributed by atoms with Crippen LogP contribution < -0.4 is 4.74 Å². The molecule has 1 atom stereocenters. The van der Waals surface area contributed by atoms with Crippen molar-refractivity contribution >= 4 is 10.4 Å². The van der Waals surface area contributed by atoms with Gasteiger partial charge >= 0.3 is 16.4 Å². The number of unbranched alkanes of at least 4 members (excludes halogenated alkanes) is 6. The molecular formula is C21H36O7S. The molecule has 0 heterocycles. The van der Waals surface area contributed by atoms with Crippen LogP contribution in [0.15, 0.2) is 30.3 Å². The van der Waals surface area contributed by atoms with E-state index in [4.69, 9.17) is 18.4 Å². The van der Waals surface area contributed by atoms with Gasteiger partial charge in [-0.1, -0.05) is 70.1 Å². The van der Waals surface area contributed by atoms with Crippen LogP contribution in [0.5, 0.6) is 5.75 Å². The molecule has 1 N–H and O–H groups in total. The van der Waals surface area contributed by atoms with Crippen LogP contribution in [0.25, 0.3) is 0 Å². The van der Waals surface area contributed by atoms with Gasteiger partial charge in [0.2, 0.25) is 0 Å². The Morgan fingerprint density at radius 1 is 0.897 bits per heavy atom. The first-order valence-corrected chi connectivity index (χ1v) is 11.9. The first kappa shape index (κ1) is 25.8. The van der Waals surface area contributed by atoms with Gasteiger partial charge in [-0.05, 0) is 32.4 Å². The summed E-state index contributed by atoms with van der Waals surface area (Å²) in [5.74, 6) is -1.35. The average molecular weight is 433 g/mol. The van der Waals surface area contributed by atoms with Crippen LogP contribution in [0, 0.1) is 0 Å². The van der Waals surface area contributed by atoms with E-state index in [0.29, 0.717) is 18.6 Å². The Bertz CT molecular complexity index is 628. The lowest BCUT2D eigenvalue weighted by Gasteiger charge is -2.37. The number of benzene rings is 1. The lowest BCUT2D eigenvalue weighted by molar-refractivity contribution is -0.374. The summed E-state index contributed by atoms with van der Waals surface area (Å²) in [5, 5.41) is 0. The van der Waals surface area contributed by atoms with Gasteiger partial charge in [-0.25, -0.2) is 4.18 Å². The second-order valence-corrected chi connectivity index (χ2v) is 7.86. The third-order valence-corrected chi connectivity index (χ3v) is 4.87. The molecule has 0 saturated carbocycles. The van der Waals surface area contributed by atoms with Gasteiger partial charge in [-0.15, -0.1) is 0 Å². The van der Waals surface area contributed by atoms with Crippen LogP contribution in [0.1, 0.15) is 72.1 Å². The topological polar surface area (TPSA) is 91.3 Å². The second kappa shape index (κ2) is 13.9. The highest BCUT2D eigenvalue weighted by molar-refractivity contribution is 7.80. The van der Waals surface area contributed by atoms with Crippen molar-refractivity contribution in [3.05, 3.63) is 30.3 Å². The summed E-state index contributed by atoms with van der Waals surface area (Å²) in [7, 11) is -4.73. The van der Waals surface area contributed by atoms with E-state index in [-0.39, 0.29) is 13.2 Å². The van der Waals surface area contributed by atoms with Crippen LogP contribution in [0.3, 0.4) is 0 Å². The zero-order valence-electron chi connectivity index (χ0n) is 17.8. The molecule has 8 heteroatoms.